The topological polar surface area (TPSA) is 75.9 Å². The molecule has 1 amide bonds. The number of aryl methyl sites for hydroxylation is 1. The molecular weight excluding hydrogens is 340 g/mol. The van der Waals surface area contributed by atoms with Gasteiger partial charge in [0.15, 0.2) is 0 Å². The monoisotopic (exact) mass is 368 g/mol. The molecule has 1 saturated heterocycles. The van der Waals surface area contributed by atoms with E-state index in [9.17, 15) is 4.79 Å². The summed E-state index contributed by atoms with van der Waals surface area (Å²) in [6, 6.07) is 0. The van der Waals surface area contributed by atoms with Crippen LogP contribution < -0.4 is 5.32 Å². The lowest BCUT2D eigenvalue weighted by atomic mass is 10.0. The summed E-state index contributed by atoms with van der Waals surface area (Å²) in [6.45, 7) is 8.13. The highest BCUT2D eigenvalue weighted by molar-refractivity contribution is 5.78. The third kappa shape index (κ3) is 3.74. The van der Waals surface area contributed by atoms with Gasteiger partial charge in [0.2, 0.25) is 5.91 Å². The fourth-order valence-corrected chi connectivity index (χ4v) is 4.10. The average Bonchev–Trinajstić information content (AvgIpc) is 3.38. The molecule has 7 nitrogen and oxygen atoms in total. The van der Waals surface area contributed by atoms with E-state index in [2.05, 4.69) is 26.8 Å². The van der Waals surface area contributed by atoms with Gasteiger partial charge in [-0.05, 0) is 13.0 Å². The first kappa shape index (κ1) is 18.1. The normalized spacial score (nSPS) is 20.5. The Morgan fingerprint density at radius 1 is 1.41 bits per heavy atom. The summed E-state index contributed by atoms with van der Waals surface area (Å²) in [4.78, 5) is 28.7. The Balaban J connectivity index is 1.41. The molecular formula is C20H28N6O. The molecule has 0 bridgehead atoms. The van der Waals surface area contributed by atoms with E-state index >= 15 is 0 Å². The fraction of sp³-hybridized carbons (Fsp3) is 0.600. The number of nitrogens with zero attached hydrogens (tertiary/aromatic N) is 5. The van der Waals surface area contributed by atoms with Crippen molar-refractivity contribution in [1.29, 1.82) is 0 Å². The molecule has 2 aliphatic heterocycles. The maximum Gasteiger partial charge on any atom is 0.227 e. The Morgan fingerprint density at radius 3 is 3.07 bits per heavy atom. The van der Waals surface area contributed by atoms with Crippen molar-refractivity contribution >= 4 is 5.91 Å². The van der Waals surface area contributed by atoms with E-state index in [0.717, 1.165) is 61.8 Å². The molecule has 0 spiro atoms. The first-order chi connectivity index (χ1) is 13.2. The van der Waals surface area contributed by atoms with Crippen molar-refractivity contribution in [3.05, 3.63) is 41.5 Å². The molecule has 1 N–H and O–H groups in total. The molecule has 4 heterocycles. The average molecular weight is 368 g/mol. The molecule has 144 valence electrons. The molecule has 2 aromatic rings. The first-order valence-corrected chi connectivity index (χ1v) is 10.00. The first-order valence-electron chi connectivity index (χ1n) is 10.00. The Hall–Kier alpha value is -2.28. The third-order valence-corrected chi connectivity index (χ3v) is 5.70. The number of amides is 1. The number of rotatable bonds is 5. The molecule has 2 aliphatic rings. The van der Waals surface area contributed by atoms with Crippen molar-refractivity contribution in [3.63, 3.8) is 0 Å². The predicted octanol–water partition coefficient (Wildman–Crippen LogP) is 1.53. The lowest BCUT2D eigenvalue weighted by Crippen LogP contribution is -2.40. The molecule has 0 radical (unpaired) electrons. The number of imidazole rings is 1. The van der Waals surface area contributed by atoms with Gasteiger partial charge in [0, 0.05) is 69.1 Å². The van der Waals surface area contributed by atoms with E-state index in [1.165, 1.54) is 0 Å². The van der Waals surface area contributed by atoms with Gasteiger partial charge < -0.3 is 14.8 Å². The largest absolute Gasteiger partial charge is 0.338 e. The zero-order chi connectivity index (χ0) is 18.8. The molecule has 4 rings (SSSR count). The SMILES string of the molecule is CCc1nccn1C[C@H](C)C(=O)N1CCc2nc([C@H]3CCNC3)ncc2C1. The van der Waals surface area contributed by atoms with Crippen LogP contribution in [0.1, 0.15) is 49.1 Å². The summed E-state index contributed by atoms with van der Waals surface area (Å²) in [7, 11) is 0. The van der Waals surface area contributed by atoms with Crippen molar-refractivity contribution in [2.75, 3.05) is 19.6 Å². The van der Waals surface area contributed by atoms with Crippen LogP contribution in [0.5, 0.6) is 0 Å². The fourth-order valence-electron chi connectivity index (χ4n) is 4.10. The van der Waals surface area contributed by atoms with Gasteiger partial charge in [0.1, 0.15) is 11.6 Å². The summed E-state index contributed by atoms with van der Waals surface area (Å²) in [5.41, 5.74) is 2.21. The van der Waals surface area contributed by atoms with E-state index in [1.807, 2.05) is 30.4 Å². The Bertz CT molecular complexity index is 811. The molecule has 0 saturated carbocycles. The number of fused-ring (bicyclic) bond motifs is 1. The minimum atomic E-state index is -0.0733. The van der Waals surface area contributed by atoms with Crippen LogP contribution in [0.4, 0.5) is 0 Å². The van der Waals surface area contributed by atoms with Crippen molar-refractivity contribution in [2.45, 2.75) is 52.1 Å². The van der Waals surface area contributed by atoms with Crippen LogP contribution >= 0.6 is 0 Å². The van der Waals surface area contributed by atoms with Crippen molar-refractivity contribution in [2.24, 2.45) is 5.92 Å². The zero-order valence-electron chi connectivity index (χ0n) is 16.2. The molecule has 27 heavy (non-hydrogen) atoms. The second-order valence-corrected chi connectivity index (χ2v) is 7.65. The van der Waals surface area contributed by atoms with Crippen LogP contribution in [0, 0.1) is 5.92 Å². The van der Waals surface area contributed by atoms with Crippen LogP contribution in [0.15, 0.2) is 18.6 Å². The number of aromatic nitrogens is 4. The summed E-state index contributed by atoms with van der Waals surface area (Å²) in [6.07, 6.45) is 8.50. The minimum Gasteiger partial charge on any atom is -0.338 e. The van der Waals surface area contributed by atoms with Gasteiger partial charge in [-0.25, -0.2) is 15.0 Å². The highest BCUT2D eigenvalue weighted by Crippen LogP contribution is 2.23. The van der Waals surface area contributed by atoms with Crippen LogP contribution in [0.3, 0.4) is 0 Å². The molecule has 0 aromatic carbocycles. The molecule has 2 atom stereocenters. The highest BCUT2D eigenvalue weighted by Gasteiger charge is 2.27. The van der Waals surface area contributed by atoms with Gasteiger partial charge in [-0.15, -0.1) is 0 Å². The number of carbonyl (C=O) groups is 1. The molecule has 0 unspecified atom stereocenters. The quantitative estimate of drug-likeness (QED) is 0.866. The standard InChI is InChI=1S/C20H28N6O/c1-3-18-22-7-9-25(18)12-14(2)20(27)26-8-5-17-16(13-26)11-23-19(24-17)15-4-6-21-10-15/h7,9,11,14-15,21H,3-6,8,10,12-13H2,1-2H3/t14-,15-/m0/s1. The van der Waals surface area contributed by atoms with Gasteiger partial charge in [-0.2, -0.15) is 0 Å². The van der Waals surface area contributed by atoms with Crippen LogP contribution in [-0.2, 0) is 30.7 Å². The van der Waals surface area contributed by atoms with E-state index in [-0.39, 0.29) is 11.8 Å². The van der Waals surface area contributed by atoms with E-state index in [0.29, 0.717) is 19.0 Å². The van der Waals surface area contributed by atoms with Crippen LogP contribution in [0.25, 0.3) is 0 Å². The second-order valence-electron chi connectivity index (χ2n) is 7.65. The van der Waals surface area contributed by atoms with Gasteiger partial charge in [-0.1, -0.05) is 13.8 Å². The van der Waals surface area contributed by atoms with Gasteiger partial charge in [0.25, 0.3) is 0 Å². The number of hydrogen-bond donors (Lipinski definition) is 1. The number of nitrogens with one attached hydrogen (secondary N) is 1. The maximum absolute atomic E-state index is 13.0. The molecule has 7 heteroatoms. The van der Waals surface area contributed by atoms with Crippen LogP contribution in [-0.4, -0.2) is 50.0 Å². The lowest BCUT2D eigenvalue weighted by molar-refractivity contribution is -0.136. The van der Waals surface area contributed by atoms with Crippen molar-refractivity contribution in [1.82, 2.24) is 29.7 Å². The summed E-state index contributed by atoms with van der Waals surface area (Å²) in [5.74, 6) is 2.54. The number of carbonyl (C=O) groups excluding carboxylic acids is 1. The smallest absolute Gasteiger partial charge is 0.227 e. The Morgan fingerprint density at radius 2 is 2.30 bits per heavy atom. The van der Waals surface area contributed by atoms with E-state index in [1.54, 1.807) is 0 Å². The number of hydrogen-bond acceptors (Lipinski definition) is 5. The van der Waals surface area contributed by atoms with Crippen molar-refractivity contribution in [3.8, 4) is 0 Å². The van der Waals surface area contributed by atoms with E-state index < -0.39 is 0 Å². The Kier molecular flexibility index (Phi) is 5.20. The second kappa shape index (κ2) is 7.76. The lowest BCUT2D eigenvalue weighted by Gasteiger charge is -2.30. The molecule has 1 fully saturated rings. The zero-order valence-corrected chi connectivity index (χ0v) is 16.2. The maximum atomic E-state index is 13.0. The predicted molar refractivity (Wildman–Crippen MR) is 102 cm³/mol. The Labute approximate surface area is 160 Å². The van der Waals surface area contributed by atoms with Crippen molar-refractivity contribution < 1.29 is 4.79 Å². The molecule has 2 aromatic heterocycles. The highest BCUT2D eigenvalue weighted by atomic mass is 16.2. The summed E-state index contributed by atoms with van der Waals surface area (Å²) in [5, 5.41) is 3.37. The summed E-state index contributed by atoms with van der Waals surface area (Å²) < 4.78 is 2.09. The van der Waals surface area contributed by atoms with Gasteiger partial charge in [-0.3, -0.25) is 4.79 Å². The third-order valence-electron chi connectivity index (χ3n) is 5.70. The van der Waals surface area contributed by atoms with Crippen LogP contribution in [0.2, 0.25) is 0 Å². The van der Waals surface area contributed by atoms with Gasteiger partial charge >= 0.3 is 0 Å². The minimum absolute atomic E-state index is 0.0733. The molecule has 0 aliphatic carbocycles. The summed E-state index contributed by atoms with van der Waals surface area (Å²) >= 11 is 0. The van der Waals surface area contributed by atoms with E-state index in [4.69, 9.17) is 4.98 Å². The van der Waals surface area contributed by atoms with Gasteiger partial charge in [0.05, 0.1) is 11.6 Å².